The maximum absolute atomic E-state index is 13.8. The SMILES string of the molecule is CC1(C)OCC(C)(S(=O)(=O)C2(CBr)CC2)CO1.CCOC(=O)c1nn(C)c2c1CCNC2=O.Cn1nc(C(=O)NCc2ccc(Cl)cc2)c2c1C(=O)N(CC1(S(=O)(=O)C(C)(CO)CO)CC1)CC2.Cn1nc(C(=O)NCc2ccc(Cl)cc2)c2c1C(=O)N(CC1(S(=O)(=O)C3(C)COC(C)(C)OC3)CC1)CC2.Cn1nc(C(=O)O)c2c1C(=O)N(CC1(S(=O)(=O)C3(C)COC(C)(C)OC3)CC1)CC2.NCc1ccc(Cl)cc1. The Hall–Kier alpha value is -8.95. The van der Waals surface area contributed by atoms with E-state index in [-0.39, 0.29) is 137 Å². The van der Waals surface area contributed by atoms with Gasteiger partial charge in [-0.2, -0.15) is 20.4 Å². The van der Waals surface area contributed by atoms with Gasteiger partial charge in [0.25, 0.3) is 35.4 Å². The fourth-order valence-electron chi connectivity index (χ4n) is 18.5. The topological polar surface area (TPSA) is 542 Å². The van der Waals surface area contributed by atoms with Crippen molar-refractivity contribution in [2.24, 2.45) is 33.9 Å². The van der Waals surface area contributed by atoms with Crippen molar-refractivity contribution in [1.82, 2.24) is 69.8 Å². The number of aryl methyl sites for hydroxylation is 4. The number of alkyl halides is 1. The van der Waals surface area contributed by atoms with Crippen LogP contribution in [0.1, 0.15) is 250 Å². The van der Waals surface area contributed by atoms with E-state index in [9.17, 15) is 87.3 Å². The fraction of sp³-hybridized carbons (Fsp3) is 0.604. The summed E-state index contributed by atoms with van der Waals surface area (Å²) in [6, 6.07) is 21.7. The molecule has 8 N–H and O–H groups in total. The van der Waals surface area contributed by atoms with Crippen molar-refractivity contribution in [3.8, 4) is 0 Å². The fourth-order valence-corrected chi connectivity index (χ4v) is 29.8. The highest BCUT2D eigenvalue weighted by Gasteiger charge is 2.68. The summed E-state index contributed by atoms with van der Waals surface area (Å²) in [6.07, 6.45) is 5.78. The quantitative estimate of drug-likeness (QED) is 0.0195. The molecule has 3 aromatic carbocycles. The minimum absolute atomic E-state index is 0.0336. The smallest absolute Gasteiger partial charge is 0.359 e. The number of nitrogens with zero attached hydrogens (tertiary/aromatic N) is 11. The molecular weight excluding hydrogens is 2090 g/mol. The summed E-state index contributed by atoms with van der Waals surface area (Å²) < 4.78 is 142. The maximum Gasteiger partial charge on any atom is 0.359 e. The van der Waals surface area contributed by atoms with Gasteiger partial charge in [0.05, 0.1) is 78.5 Å². The van der Waals surface area contributed by atoms with Crippen LogP contribution in [0.4, 0.5) is 0 Å². The van der Waals surface area contributed by atoms with Crippen LogP contribution in [0.3, 0.4) is 0 Å². The number of carbonyl (C=O) groups is 8. The molecule has 0 bridgehead atoms. The zero-order valence-corrected chi connectivity index (χ0v) is 91.0. The second kappa shape index (κ2) is 42.8. The lowest BCUT2D eigenvalue weighted by atomic mass is 10.0. The molecule has 0 unspecified atom stereocenters. The normalized spacial score (nSPS) is 20.6. The molecule has 4 saturated carbocycles. The lowest BCUT2D eigenvalue weighted by Crippen LogP contribution is -2.59. The number of amides is 6. The molecule has 796 valence electrons. The molecule has 41 nitrogen and oxygen atoms in total. The van der Waals surface area contributed by atoms with Gasteiger partial charge in [0, 0.05) is 136 Å². The van der Waals surface area contributed by atoms with Gasteiger partial charge in [-0.05, 0) is 206 Å². The first-order chi connectivity index (χ1) is 67.7. The highest BCUT2D eigenvalue weighted by atomic mass is 79.9. The van der Waals surface area contributed by atoms with E-state index in [1.165, 1.54) is 42.5 Å². The summed E-state index contributed by atoms with van der Waals surface area (Å²) in [4.78, 5) is 105. The maximum atomic E-state index is 13.8. The number of sulfone groups is 4. The van der Waals surface area contributed by atoms with E-state index in [1.54, 1.807) is 132 Å². The molecule has 11 heterocycles. The van der Waals surface area contributed by atoms with Crippen LogP contribution in [0.15, 0.2) is 72.8 Å². The summed E-state index contributed by atoms with van der Waals surface area (Å²) in [5, 5.41) is 56.1. The lowest BCUT2D eigenvalue weighted by molar-refractivity contribution is -0.254. The number of carbonyl (C=O) groups excluding carboxylic acids is 7. The summed E-state index contributed by atoms with van der Waals surface area (Å²) >= 11 is 20.8. The molecule has 145 heavy (non-hydrogen) atoms. The van der Waals surface area contributed by atoms with Crippen LogP contribution in [0.5, 0.6) is 0 Å². The number of nitrogens with two attached hydrogens (primary N) is 1. The Morgan fingerprint density at radius 2 is 0.759 bits per heavy atom. The molecule has 0 radical (unpaired) electrons. The van der Waals surface area contributed by atoms with Crippen molar-refractivity contribution in [2.45, 2.75) is 228 Å². The summed E-state index contributed by atoms with van der Waals surface area (Å²) in [5.74, 6) is -6.04. The summed E-state index contributed by atoms with van der Waals surface area (Å²) in [7, 11) is -8.18. The number of esters is 1. The number of nitrogens with one attached hydrogen (secondary N) is 3. The van der Waals surface area contributed by atoms with Gasteiger partial charge in [0.2, 0.25) is 0 Å². The molecule has 7 fully saturated rings. The van der Waals surface area contributed by atoms with Gasteiger partial charge in [-0.3, -0.25) is 47.5 Å². The third kappa shape index (κ3) is 22.9. The number of fused-ring (bicyclic) bond motifs is 4. The number of hydrogen-bond donors (Lipinski definition) is 7. The highest BCUT2D eigenvalue weighted by molar-refractivity contribution is 9.09. The van der Waals surface area contributed by atoms with Gasteiger partial charge in [0.15, 0.2) is 79.5 Å². The number of aromatic carboxylic acids is 1. The first-order valence-corrected chi connectivity index (χ1v) is 55.8. The second-order valence-electron chi connectivity index (χ2n) is 41.0. The van der Waals surface area contributed by atoms with Crippen molar-refractivity contribution in [1.29, 1.82) is 0 Å². The van der Waals surface area contributed by atoms with Crippen molar-refractivity contribution in [3.63, 3.8) is 0 Å². The van der Waals surface area contributed by atoms with Gasteiger partial charge in [-0.1, -0.05) is 87.1 Å². The molecule has 4 aromatic heterocycles. The Kier molecular flexibility index (Phi) is 33.4. The van der Waals surface area contributed by atoms with Crippen LogP contribution in [-0.4, -0.2) is 316 Å². The summed E-state index contributed by atoms with van der Waals surface area (Å²) in [5.41, 5.74) is 12.2. The van der Waals surface area contributed by atoms with Crippen LogP contribution < -0.4 is 21.7 Å². The Labute approximate surface area is 866 Å². The van der Waals surface area contributed by atoms with E-state index in [0.717, 1.165) is 34.6 Å². The number of aliphatic hydroxyl groups excluding tert-OH is 2. The van der Waals surface area contributed by atoms with Crippen LogP contribution in [-0.2, 0) is 146 Å². The molecule has 4 aliphatic carbocycles. The van der Waals surface area contributed by atoms with Crippen LogP contribution in [0.25, 0.3) is 0 Å². The van der Waals surface area contributed by atoms with Crippen LogP contribution in [0, 0.1) is 0 Å². The van der Waals surface area contributed by atoms with Crippen LogP contribution >= 0.6 is 50.7 Å². The number of hydrogen-bond acceptors (Lipinski definition) is 30. The number of benzene rings is 3. The van der Waals surface area contributed by atoms with Gasteiger partial charge in [0.1, 0.15) is 41.8 Å². The van der Waals surface area contributed by atoms with Gasteiger partial charge in [-0.15, -0.1) is 0 Å². The van der Waals surface area contributed by atoms with Crippen molar-refractivity contribution in [3.05, 3.63) is 172 Å². The Morgan fingerprint density at radius 1 is 0.462 bits per heavy atom. The predicted molar refractivity (Wildman–Crippen MR) is 538 cm³/mol. The second-order valence-corrected chi connectivity index (χ2v) is 54.3. The first kappa shape index (κ1) is 113. The van der Waals surface area contributed by atoms with E-state index in [0.29, 0.717) is 146 Å². The molecule has 18 rings (SSSR count). The van der Waals surface area contributed by atoms with E-state index in [4.69, 9.17) is 73.7 Å². The van der Waals surface area contributed by atoms with Crippen LogP contribution in [0.2, 0.25) is 15.1 Å². The first-order valence-electron chi connectivity index (χ1n) is 47.6. The molecule has 7 aromatic rings. The third-order valence-corrected chi connectivity index (χ3v) is 43.7. The van der Waals surface area contributed by atoms with Crippen molar-refractivity contribution in [2.75, 3.05) is 111 Å². The molecular formula is C96H129BrCl3N15O26S4. The molecule has 0 spiro atoms. The van der Waals surface area contributed by atoms with Crippen molar-refractivity contribution >= 4 is 137 Å². The number of aromatic nitrogens is 8. The predicted octanol–water partition coefficient (Wildman–Crippen LogP) is 7.34. The minimum Gasteiger partial charge on any atom is -0.476 e. The highest BCUT2D eigenvalue weighted by Crippen LogP contribution is 2.55. The lowest BCUT2D eigenvalue weighted by Gasteiger charge is -2.43. The third-order valence-electron chi connectivity index (χ3n) is 28.6. The van der Waals surface area contributed by atoms with E-state index in [1.807, 2.05) is 36.4 Å². The van der Waals surface area contributed by atoms with Crippen molar-refractivity contribution < 1.29 is 121 Å². The molecule has 7 aliphatic heterocycles. The Balaban J connectivity index is 0.000000153. The number of carboxylic acid groups (broad SMARTS) is 1. The van der Waals surface area contributed by atoms with E-state index in [2.05, 4.69) is 52.3 Å². The zero-order chi connectivity index (χ0) is 107. The minimum atomic E-state index is -3.93. The number of aliphatic hydroxyl groups is 2. The average molecular weight is 2220 g/mol. The zero-order valence-electron chi connectivity index (χ0n) is 83.9. The van der Waals surface area contributed by atoms with Gasteiger partial charge < -0.3 is 84.9 Å². The number of halogens is 4. The summed E-state index contributed by atoms with van der Waals surface area (Å²) in [6.45, 7) is 20.7. The molecule has 3 saturated heterocycles. The largest absolute Gasteiger partial charge is 0.476 e. The van der Waals surface area contributed by atoms with Gasteiger partial charge >= 0.3 is 11.9 Å². The Morgan fingerprint density at radius 3 is 1.07 bits per heavy atom. The standard InChI is InChI=1S/C26H33ClN4O6S.C23H29ClN4O6S.C19H27N3O7S.C11H19BrO4S.C10H13N3O3.C7H8ClN/c1-24(2)36-15-25(3,16-37-24)38(34,35)26(10-11-26)14-31-12-9-19-20(29-30(4)21(19)23(31)33)22(32)28-13-17-5-7-18(27)8-6-17;1-22(13-29,14-30)35(33,34)23(8-9-23)12-28-10-7-17-18(26-27(2)19(17)21(28)32)20(31)25-11-15-3-5-16(24)6-4-15;1-17(2)28-10-18(3,11-29-17)30(26,27)19(6-7-19)9-22-8-5-12-13(16(24)25)20-21(4)14(12)15(22)23;1-9(2)15-7-10(3,8-16-9)17(13,14)11(6-12)4-5-11;1-3-16-10(15)7-6-4-5-11-9(14)8(6)13(2)12-7;8-7-3-1-6(5-9)2-4-7/h5-8H,9-16H2,1-4H3,(H,28,32);3-6,29-30H,7-14H2,1-2H3,(H,25,31);5-11H2,1-4H3,(H,24,25);4-8H2,1-3H3;3-5H2,1-2H3,(H,11,14);1-4H,5,9H2. The number of ether oxygens (including phenoxy) is 7. The average Bonchev–Trinajstić information content (AvgIpc) is 1.54. The molecule has 49 heteroatoms. The monoisotopic (exact) mass is 2220 g/mol. The molecule has 6 amide bonds. The van der Waals surface area contributed by atoms with E-state index >= 15 is 0 Å². The number of rotatable bonds is 27. The molecule has 11 aliphatic rings. The Bertz CT molecular complexity index is 6560. The molecule has 0 atom stereocenters. The number of carboxylic acids is 1. The van der Waals surface area contributed by atoms with Gasteiger partial charge in [-0.25, -0.2) is 43.3 Å². The van der Waals surface area contributed by atoms with E-state index < -0.39 is 132 Å².